The number of nitrogens with one attached hydrogen (secondary N) is 2. The first-order chi connectivity index (χ1) is 10.9. The van der Waals surface area contributed by atoms with Crippen LogP contribution in [0.25, 0.3) is 0 Å². The summed E-state index contributed by atoms with van der Waals surface area (Å²) in [6.07, 6.45) is 4.83. The smallest absolute Gasteiger partial charge is 0.243 e. The Hall–Kier alpha value is -0.570. The highest BCUT2D eigenvalue weighted by Gasteiger charge is 2.36. The number of hydrogen-bond donors (Lipinski definition) is 2. The van der Waals surface area contributed by atoms with Crippen LogP contribution in [0.1, 0.15) is 39.5 Å². The van der Waals surface area contributed by atoms with Crippen molar-refractivity contribution in [2.45, 2.75) is 39.5 Å². The molecular formula is C17H35IN4O2. The van der Waals surface area contributed by atoms with Crippen molar-refractivity contribution in [3.8, 4) is 0 Å². The van der Waals surface area contributed by atoms with E-state index in [1.54, 1.807) is 26.1 Å². The van der Waals surface area contributed by atoms with Gasteiger partial charge < -0.3 is 20.3 Å². The number of amides is 1. The quantitative estimate of drug-likeness (QED) is 0.318. The molecule has 1 fully saturated rings. The van der Waals surface area contributed by atoms with Gasteiger partial charge in [-0.2, -0.15) is 0 Å². The van der Waals surface area contributed by atoms with Gasteiger partial charge in [0.1, 0.15) is 6.54 Å². The van der Waals surface area contributed by atoms with Crippen molar-refractivity contribution in [1.82, 2.24) is 15.5 Å². The molecule has 0 aromatic heterocycles. The highest BCUT2D eigenvalue weighted by molar-refractivity contribution is 14.0. The molecule has 0 bridgehead atoms. The second kappa shape index (κ2) is 11.9. The van der Waals surface area contributed by atoms with Gasteiger partial charge in [-0.3, -0.25) is 4.79 Å². The normalized spacial score (nSPS) is 16.2. The molecule has 0 saturated heterocycles. The van der Waals surface area contributed by atoms with Gasteiger partial charge in [-0.1, -0.05) is 20.3 Å². The van der Waals surface area contributed by atoms with E-state index in [0.29, 0.717) is 11.3 Å². The van der Waals surface area contributed by atoms with Crippen molar-refractivity contribution in [2.75, 3.05) is 47.4 Å². The average molecular weight is 454 g/mol. The molecule has 2 N–H and O–H groups in total. The Morgan fingerprint density at radius 1 is 1.29 bits per heavy atom. The molecule has 1 amide bonds. The third-order valence-electron chi connectivity index (χ3n) is 4.43. The Kier molecular flexibility index (Phi) is 11.6. The number of ether oxygens (including phenoxy) is 1. The summed E-state index contributed by atoms with van der Waals surface area (Å²) in [4.78, 5) is 17.7. The number of hydrogen-bond acceptors (Lipinski definition) is 3. The fraction of sp³-hybridized carbons (Fsp3) is 0.882. The molecule has 7 heteroatoms. The van der Waals surface area contributed by atoms with Gasteiger partial charge in [-0.05, 0) is 30.6 Å². The maximum atomic E-state index is 11.7. The predicted molar refractivity (Wildman–Crippen MR) is 110 cm³/mol. The van der Waals surface area contributed by atoms with Gasteiger partial charge in [-0.15, -0.1) is 24.0 Å². The van der Waals surface area contributed by atoms with Crippen LogP contribution in [0.15, 0.2) is 4.99 Å². The van der Waals surface area contributed by atoms with Gasteiger partial charge in [0, 0.05) is 40.9 Å². The van der Waals surface area contributed by atoms with E-state index in [0.717, 1.165) is 32.1 Å². The molecule has 1 saturated carbocycles. The lowest BCUT2D eigenvalue weighted by Gasteiger charge is -2.42. The number of aliphatic imine (C=N–C) groups is 1. The molecule has 24 heavy (non-hydrogen) atoms. The van der Waals surface area contributed by atoms with Gasteiger partial charge in [0.15, 0.2) is 5.96 Å². The number of halogens is 1. The van der Waals surface area contributed by atoms with Gasteiger partial charge in [0.2, 0.25) is 5.91 Å². The number of rotatable bonds is 9. The number of likely N-dealkylation sites (N-methyl/N-ethyl adjacent to an activating group) is 1. The topological polar surface area (TPSA) is 66.0 Å². The summed E-state index contributed by atoms with van der Waals surface area (Å²) >= 11 is 0. The average Bonchev–Trinajstić information content (AvgIpc) is 2.46. The first-order valence-electron chi connectivity index (χ1n) is 8.60. The molecule has 142 valence electrons. The van der Waals surface area contributed by atoms with E-state index in [4.69, 9.17) is 4.74 Å². The Bertz CT molecular complexity index is 396. The number of carbonyl (C=O) groups is 1. The van der Waals surface area contributed by atoms with E-state index in [-0.39, 0.29) is 36.4 Å². The summed E-state index contributed by atoms with van der Waals surface area (Å²) in [7, 11) is 5.25. The van der Waals surface area contributed by atoms with Crippen LogP contribution >= 0.6 is 24.0 Å². The minimum atomic E-state index is 0. The largest absolute Gasteiger partial charge is 0.385 e. The van der Waals surface area contributed by atoms with Crippen molar-refractivity contribution < 1.29 is 9.53 Å². The van der Waals surface area contributed by atoms with E-state index in [2.05, 4.69) is 29.5 Å². The van der Waals surface area contributed by atoms with E-state index in [1.807, 2.05) is 0 Å². The summed E-state index contributed by atoms with van der Waals surface area (Å²) in [6, 6.07) is 0. The summed E-state index contributed by atoms with van der Waals surface area (Å²) < 4.78 is 5.24. The van der Waals surface area contributed by atoms with Crippen molar-refractivity contribution in [3.63, 3.8) is 0 Å². The Morgan fingerprint density at radius 3 is 2.42 bits per heavy atom. The van der Waals surface area contributed by atoms with E-state index < -0.39 is 0 Å². The van der Waals surface area contributed by atoms with Crippen LogP contribution in [-0.4, -0.2) is 64.2 Å². The Labute approximate surface area is 164 Å². The molecule has 0 radical (unpaired) electrons. The fourth-order valence-electron chi connectivity index (χ4n) is 2.54. The Balaban J connectivity index is 0.00000529. The minimum absolute atomic E-state index is 0. The van der Waals surface area contributed by atoms with E-state index in [1.165, 1.54) is 19.3 Å². The van der Waals surface area contributed by atoms with Crippen LogP contribution < -0.4 is 10.6 Å². The van der Waals surface area contributed by atoms with Crippen LogP contribution in [0.3, 0.4) is 0 Å². The third-order valence-corrected chi connectivity index (χ3v) is 4.43. The Morgan fingerprint density at radius 2 is 1.96 bits per heavy atom. The highest BCUT2D eigenvalue weighted by atomic mass is 127. The minimum Gasteiger partial charge on any atom is -0.385 e. The zero-order chi connectivity index (χ0) is 17.3. The van der Waals surface area contributed by atoms with Gasteiger partial charge in [-0.25, -0.2) is 4.99 Å². The molecule has 0 heterocycles. The second-order valence-corrected chi connectivity index (χ2v) is 7.18. The van der Waals surface area contributed by atoms with Crippen molar-refractivity contribution >= 4 is 35.8 Å². The van der Waals surface area contributed by atoms with Crippen LogP contribution in [0.4, 0.5) is 0 Å². The summed E-state index contributed by atoms with van der Waals surface area (Å²) in [6.45, 7) is 7.00. The summed E-state index contributed by atoms with van der Waals surface area (Å²) in [5.41, 5.74) is 0.321. The molecule has 1 aliphatic rings. The van der Waals surface area contributed by atoms with Crippen molar-refractivity contribution in [1.29, 1.82) is 0 Å². The maximum absolute atomic E-state index is 11.7. The van der Waals surface area contributed by atoms with Crippen LogP contribution in [0.2, 0.25) is 0 Å². The molecule has 0 aliphatic heterocycles. The summed E-state index contributed by atoms with van der Waals surface area (Å²) in [5.74, 6) is 1.27. The molecule has 0 aromatic rings. The summed E-state index contributed by atoms with van der Waals surface area (Å²) in [5, 5.41) is 6.76. The van der Waals surface area contributed by atoms with Gasteiger partial charge in [0.05, 0.1) is 0 Å². The zero-order valence-corrected chi connectivity index (χ0v) is 18.2. The van der Waals surface area contributed by atoms with Crippen molar-refractivity contribution in [3.05, 3.63) is 0 Å². The molecule has 0 aromatic carbocycles. The number of guanidine groups is 1. The third kappa shape index (κ3) is 8.50. The molecule has 1 rings (SSSR count). The lowest BCUT2D eigenvalue weighted by atomic mass is 9.67. The first kappa shape index (κ1) is 23.4. The van der Waals surface area contributed by atoms with Gasteiger partial charge in [0.25, 0.3) is 0 Å². The molecule has 6 nitrogen and oxygen atoms in total. The highest BCUT2D eigenvalue weighted by Crippen LogP contribution is 2.43. The first-order valence-corrected chi connectivity index (χ1v) is 8.60. The fourth-order valence-corrected chi connectivity index (χ4v) is 2.54. The number of carbonyl (C=O) groups excluding carboxylic acids is 1. The second-order valence-electron chi connectivity index (χ2n) is 7.18. The van der Waals surface area contributed by atoms with Crippen LogP contribution in [0, 0.1) is 11.3 Å². The predicted octanol–water partition coefficient (Wildman–Crippen LogP) is 2.09. The SMILES string of the molecule is COCCC1(CNC(=NCC(=O)N(C)C)NCC(C)C)CCC1.I. The zero-order valence-electron chi connectivity index (χ0n) is 15.9. The molecule has 0 atom stereocenters. The van der Waals surface area contributed by atoms with E-state index in [9.17, 15) is 4.79 Å². The molecular weight excluding hydrogens is 419 g/mol. The van der Waals surface area contributed by atoms with E-state index >= 15 is 0 Å². The van der Waals surface area contributed by atoms with Crippen molar-refractivity contribution in [2.24, 2.45) is 16.3 Å². The van der Waals surface area contributed by atoms with Crippen LogP contribution in [-0.2, 0) is 9.53 Å². The lowest BCUT2D eigenvalue weighted by molar-refractivity contribution is -0.127. The molecule has 0 spiro atoms. The standard InChI is InChI=1S/C17H34N4O2.HI/c1-14(2)11-18-16(19-12-15(22)21(3)4)20-13-17(7-6-8-17)9-10-23-5;/h14H,6-13H2,1-5H3,(H2,18,19,20);1H. The lowest BCUT2D eigenvalue weighted by Crippen LogP contribution is -2.47. The number of nitrogens with zero attached hydrogens (tertiary/aromatic N) is 2. The number of methoxy groups -OCH3 is 1. The maximum Gasteiger partial charge on any atom is 0.243 e. The monoisotopic (exact) mass is 454 g/mol. The molecule has 1 aliphatic carbocycles. The van der Waals surface area contributed by atoms with Crippen LogP contribution in [0.5, 0.6) is 0 Å². The van der Waals surface area contributed by atoms with Gasteiger partial charge >= 0.3 is 0 Å². The molecule has 0 unspecified atom stereocenters.